The second-order valence-electron chi connectivity index (χ2n) is 11.5. The van der Waals surface area contributed by atoms with Crippen LogP contribution in [0.5, 0.6) is 5.75 Å². The van der Waals surface area contributed by atoms with Crippen LogP contribution >= 0.6 is 23.5 Å². The minimum Gasteiger partial charge on any atom is -0.448 e. The molecule has 1 N–H and O–H groups in total. The molecule has 0 aliphatic carbocycles. The fourth-order valence-electron chi connectivity index (χ4n) is 5.64. The van der Waals surface area contributed by atoms with Crippen LogP contribution < -0.4 is 10.2 Å². The Balaban J connectivity index is 1.16. The van der Waals surface area contributed by atoms with Gasteiger partial charge in [-0.2, -0.15) is 0 Å². The predicted octanol–water partition coefficient (Wildman–Crippen LogP) is 4.77. The van der Waals surface area contributed by atoms with Gasteiger partial charge in [-0.3, -0.25) is 14.5 Å². The molecular formula is C37H31N7O5S2. The summed E-state index contributed by atoms with van der Waals surface area (Å²) in [5.74, 6) is -0.488. The lowest BCUT2D eigenvalue weighted by Crippen LogP contribution is -2.71. The molecule has 12 nitrogen and oxygen atoms in total. The van der Waals surface area contributed by atoms with Gasteiger partial charge in [-0.25, -0.2) is 9.48 Å². The van der Waals surface area contributed by atoms with Gasteiger partial charge in [-0.15, -0.1) is 16.9 Å². The highest BCUT2D eigenvalue weighted by atomic mass is 32.2. The maximum atomic E-state index is 14.3. The van der Waals surface area contributed by atoms with Crippen LogP contribution in [-0.4, -0.2) is 71.5 Å². The molecule has 7 rings (SSSR count). The topological polar surface area (TPSA) is 141 Å². The Labute approximate surface area is 301 Å². The van der Waals surface area contributed by atoms with E-state index in [9.17, 15) is 14.4 Å². The highest BCUT2D eigenvalue weighted by molar-refractivity contribution is 8.01. The normalized spacial score (nSPS) is 17.1. The van der Waals surface area contributed by atoms with E-state index in [4.69, 9.17) is 9.57 Å². The standard InChI is InChI=1S/C37H31N7O5S2/c1-43-37(39-41-42-43)51-23-27-22-50-35-30(38-33(45)29(24-14-6-2-7-15-24)40-49-28-20-12-5-13-21-28)34(46)44(35)31(27)36(47)48-32(25-16-8-3-9-17-25)26-18-10-4-11-19-26/h2-21,30,32,35H,22-23H2,1H3,(H,38,45)/t30-,35-/m1/s1. The third-order valence-electron chi connectivity index (χ3n) is 8.16. The first-order valence-electron chi connectivity index (χ1n) is 16.0. The molecule has 1 aromatic heterocycles. The highest BCUT2D eigenvalue weighted by Gasteiger charge is 2.55. The number of carbonyl (C=O) groups excluding carboxylic acids is 3. The number of aryl methyl sites for hydroxylation is 1. The number of carbonyl (C=O) groups is 3. The first-order chi connectivity index (χ1) is 25.0. The van der Waals surface area contributed by atoms with Gasteiger partial charge in [0.15, 0.2) is 17.6 Å². The van der Waals surface area contributed by atoms with Gasteiger partial charge in [0.1, 0.15) is 17.1 Å². The number of thioether (sulfide) groups is 2. The monoisotopic (exact) mass is 717 g/mol. The Morgan fingerprint density at radius 2 is 1.53 bits per heavy atom. The lowest BCUT2D eigenvalue weighted by Gasteiger charge is -2.49. The van der Waals surface area contributed by atoms with Crippen molar-refractivity contribution in [3.63, 3.8) is 0 Å². The third kappa shape index (κ3) is 7.42. The molecule has 14 heteroatoms. The zero-order chi connectivity index (χ0) is 35.2. The quantitative estimate of drug-likeness (QED) is 0.0631. The van der Waals surface area contributed by atoms with Gasteiger partial charge in [0.25, 0.3) is 11.8 Å². The minimum absolute atomic E-state index is 0.00428. The van der Waals surface area contributed by atoms with E-state index in [2.05, 4.69) is 26.0 Å². The van der Waals surface area contributed by atoms with Crippen LogP contribution in [0.2, 0.25) is 0 Å². The van der Waals surface area contributed by atoms with Crippen LogP contribution in [0.3, 0.4) is 0 Å². The first-order valence-corrected chi connectivity index (χ1v) is 18.0. The summed E-state index contributed by atoms with van der Waals surface area (Å²) in [6, 6.07) is 35.7. The fourth-order valence-corrected chi connectivity index (χ4v) is 7.97. The van der Waals surface area contributed by atoms with E-state index in [-0.39, 0.29) is 11.4 Å². The van der Waals surface area contributed by atoms with Crippen molar-refractivity contribution in [1.29, 1.82) is 0 Å². The molecule has 2 amide bonds. The predicted molar refractivity (Wildman–Crippen MR) is 192 cm³/mol. The van der Waals surface area contributed by atoms with Gasteiger partial charge < -0.3 is 14.9 Å². The molecule has 0 saturated carbocycles. The lowest BCUT2D eigenvalue weighted by atomic mass is 10.0. The highest BCUT2D eigenvalue weighted by Crippen LogP contribution is 2.42. The molecular weight excluding hydrogens is 687 g/mol. The second kappa shape index (κ2) is 15.4. The molecule has 2 aliphatic heterocycles. The Hall–Kier alpha value is -5.73. The number of benzene rings is 4. The number of tetrazole rings is 1. The SMILES string of the molecule is Cn1nnnc1SCC1=C(C(=O)OC(c2ccccc2)c2ccccc2)N2C(=O)[C@@H](NC(=O)C(=NOc3ccccc3)c3ccccc3)[C@H]2SC1. The van der Waals surface area contributed by atoms with Crippen molar-refractivity contribution in [2.24, 2.45) is 12.2 Å². The number of rotatable bonds is 12. The molecule has 2 aliphatic rings. The molecule has 1 fully saturated rings. The Morgan fingerprint density at radius 3 is 2.14 bits per heavy atom. The number of hydrogen-bond donors (Lipinski definition) is 1. The van der Waals surface area contributed by atoms with Gasteiger partial charge in [0, 0.05) is 24.1 Å². The van der Waals surface area contributed by atoms with Crippen LogP contribution in [0.15, 0.2) is 143 Å². The van der Waals surface area contributed by atoms with Crippen molar-refractivity contribution in [3.05, 3.63) is 149 Å². The molecule has 5 aromatic rings. The average Bonchev–Trinajstić information content (AvgIpc) is 3.60. The van der Waals surface area contributed by atoms with E-state index in [1.807, 2.05) is 72.8 Å². The van der Waals surface area contributed by atoms with Gasteiger partial charge in [-0.1, -0.05) is 126 Å². The van der Waals surface area contributed by atoms with Crippen LogP contribution in [0.25, 0.3) is 0 Å². The summed E-state index contributed by atoms with van der Waals surface area (Å²) in [7, 11) is 1.73. The van der Waals surface area contributed by atoms with Crippen LogP contribution in [-0.2, 0) is 26.2 Å². The average molecular weight is 718 g/mol. The fraction of sp³-hybridized carbons (Fsp3) is 0.162. The number of nitrogens with one attached hydrogen (secondary N) is 1. The number of esters is 1. The number of β-lactam (4-membered cyclic amide) rings is 1. The van der Waals surface area contributed by atoms with E-state index in [1.54, 1.807) is 55.6 Å². The van der Waals surface area contributed by atoms with E-state index in [0.717, 1.165) is 11.1 Å². The maximum absolute atomic E-state index is 14.3. The van der Waals surface area contributed by atoms with Crippen LogP contribution in [0, 0.1) is 0 Å². The van der Waals surface area contributed by atoms with Crippen molar-refractivity contribution in [2.45, 2.75) is 22.7 Å². The lowest BCUT2D eigenvalue weighted by molar-refractivity contribution is -0.154. The number of hydrogen-bond acceptors (Lipinski definition) is 11. The van der Waals surface area contributed by atoms with E-state index in [1.165, 1.54) is 33.1 Å². The smallest absolute Gasteiger partial charge is 0.356 e. The Morgan fingerprint density at radius 1 is 0.922 bits per heavy atom. The number of ether oxygens (including phenoxy) is 1. The summed E-state index contributed by atoms with van der Waals surface area (Å²) >= 11 is 2.80. The summed E-state index contributed by atoms with van der Waals surface area (Å²) in [4.78, 5) is 49.1. The zero-order valence-corrected chi connectivity index (χ0v) is 28.9. The van der Waals surface area contributed by atoms with Gasteiger partial charge in [-0.05, 0) is 39.3 Å². The van der Waals surface area contributed by atoms with Gasteiger partial charge in [0.05, 0.1) is 0 Å². The van der Waals surface area contributed by atoms with Crippen molar-refractivity contribution in [2.75, 3.05) is 11.5 Å². The molecule has 51 heavy (non-hydrogen) atoms. The summed E-state index contributed by atoms with van der Waals surface area (Å²) in [5, 5.41) is 18.7. The number of oxime groups is 1. The Kier molecular flexibility index (Phi) is 10.2. The number of para-hydroxylation sites is 1. The Bertz CT molecular complexity index is 2040. The van der Waals surface area contributed by atoms with Crippen molar-refractivity contribution in [1.82, 2.24) is 30.4 Å². The molecule has 3 heterocycles. The van der Waals surface area contributed by atoms with Crippen molar-refractivity contribution >= 4 is 47.0 Å². The van der Waals surface area contributed by atoms with Crippen molar-refractivity contribution in [3.8, 4) is 5.75 Å². The number of aromatic nitrogens is 4. The molecule has 0 spiro atoms. The van der Waals surface area contributed by atoms with Gasteiger partial charge in [0.2, 0.25) is 5.16 Å². The second-order valence-corrected chi connectivity index (χ2v) is 13.6. The van der Waals surface area contributed by atoms with E-state index < -0.39 is 35.3 Å². The molecule has 0 unspecified atom stereocenters. The molecule has 256 valence electrons. The van der Waals surface area contributed by atoms with Crippen molar-refractivity contribution < 1.29 is 24.0 Å². The van der Waals surface area contributed by atoms with Gasteiger partial charge >= 0.3 is 5.97 Å². The van der Waals surface area contributed by atoms with Crippen LogP contribution in [0.1, 0.15) is 22.8 Å². The molecule has 2 atom stereocenters. The minimum atomic E-state index is -0.924. The summed E-state index contributed by atoms with van der Waals surface area (Å²) in [5.41, 5.74) is 2.93. The summed E-state index contributed by atoms with van der Waals surface area (Å²) < 4.78 is 7.80. The number of nitrogens with zero attached hydrogens (tertiary/aromatic N) is 6. The van der Waals surface area contributed by atoms with E-state index in [0.29, 0.717) is 33.5 Å². The largest absolute Gasteiger partial charge is 0.448 e. The number of amides is 2. The van der Waals surface area contributed by atoms with Crippen LogP contribution in [0.4, 0.5) is 0 Å². The molecule has 0 bridgehead atoms. The molecule has 0 radical (unpaired) electrons. The van der Waals surface area contributed by atoms with E-state index >= 15 is 0 Å². The summed E-state index contributed by atoms with van der Waals surface area (Å²) in [6.07, 6.45) is -0.724. The summed E-state index contributed by atoms with van der Waals surface area (Å²) in [6.45, 7) is 0. The molecule has 1 saturated heterocycles. The third-order valence-corrected chi connectivity index (χ3v) is 10.6. The number of fused-ring (bicyclic) bond motifs is 1. The first kappa shape index (κ1) is 33.8. The maximum Gasteiger partial charge on any atom is 0.356 e. The molecule has 4 aromatic carbocycles. The zero-order valence-electron chi connectivity index (χ0n) is 27.2.